The van der Waals surface area contributed by atoms with Crippen LogP contribution in [0.5, 0.6) is 0 Å². The molecular formula is C85H138O16P2. The first kappa shape index (κ1) is 97.7. The lowest BCUT2D eigenvalue weighted by Gasteiger charge is -2.21. The first-order valence-electron chi connectivity index (χ1n) is 39.1. The molecule has 0 radical (unpaired) electrons. The van der Waals surface area contributed by atoms with Gasteiger partial charge in [-0.15, -0.1) is 0 Å². The number of esters is 3. The molecule has 0 fully saturated rings. The van der Waals surface area contributed by atoms with Crippen LogP contribution in [0, 0.1) is 0 Å². The monoisotopic (exact) mass is 1480 g/mol. The van der Waals surface area contributed by atoms with E-state index in [1.807, 2.05) is 0 Å². The van der Waals surface area contributed by atoms with Gasteiger partial charge < -0.3 is 34.2 Å². The van der Waals surface area contributed by atoms with E-state index < -0.39 is 91.5 Å². The molecule has 16 nitrogen and oxygen atoms in total. The van der Waals surface area contributed by atoms with E-state index in [0.717, 1.165) is 173 Å². The molecule has 4 N–H and O–H groups in total. The SMILES string of the molecule is CC/C=C\C/C=C\C/C=C\C/C=C\C/C=C\C/C=C\CCCCC(=O)OCC(COP(=O)(O)OCC(O)COP(=O)(O)OCC(O)COC(=O)CCCCCCCCCCC/C=C\C/C=C\C/C=C\C/C=C\C/C=C\CC)OC(=O)CCCCCCC/C=C\C/C=C\C/C=C\C/C=C\CCCCC. The van der Waals surface area contributed by atoms with Gasteiger partial charge in [-0.25, -0.2) is 9.13 Å². The van der Waals surface area contributed by atoms with Crippen molar-refractivity contribution in [1.29, 1.82) is 0 Å². The minimum absolute atomic E-state index is 0.0660. The van der Waals surface area contributed by atoms with E-state index in [4.69, 9.17) is 32.3 Å². The Bertz CT molecular complexity index is 2600. The number of rotatable bonds is 72. The van der Waals surface area contributed by atoms with E-state index in [1.165, 1.54) is 44.9 Å². The summed E-state index contributed by atoms with van der Waals surface area (Å²) in [5.41, 5.74) is 0. The van der Waals surface area contributed by atoms with Crippen molar-refractivity contribution in [3.05, 3.63) is 182 Å². The lowest BCUT2D eigenvalue weighted by molar-refractivity contribution is -0.161. The number of ether oxygens (including phenoxy) is 3. The average Bonchev–Trinajstić information content (AvgIpc) is 0.935. The molecule has 0 bridgehead atoms. The molecule has 103 heavy (non-hydrogen) atoms. The van der Waals surface area contributed by atoms with Gasteiger partial charge in [-0.05, 0) is 161 Å². The van der Waals surface area contributed by atoms with Crippen molar-refractivity contribution >= 4 is 33.6 Å². The topological polar surface area (TPSA) is 231 Å². The Balaban J connectivity index is 4.76. The summed E-state index contributed by atoms with van der Waals surface area (Å²) in [7, 11) is -9.83. The van der Waals surface area contributed by atoms with Crippen LogP contribution in [0.25, 0.3) is 0 Å². The molecule has 0 aromatic heterocycles. The molecule has 5 atom stereocenters. The van der Waals surface area contributed by atoms with Gasteiger partial charge in [0.15, 0.2) is 6.10 Å². The van der Waals surface area contributed by atoms with Gasteiger partial charge in [0.05, 0.1) is 26.4 Å². The predicted molar refractivity (Wildman–Crippen MR) is 426 cm³/mol. The molecule has 0 aromatic rings. The second-order valence-electron chi connectivity index (χ2n) is 25.4. The summed E-state index contributed by atoms with van der Waals surface area (Å²) in [4.78, 5) is 58.7. The van der Waals surface area contributed by atoms with Crippen molar-refractivity contribution < 1.29 is 75.8 Å². The first-order valence-corrected chi connectivity index (χ1v) is 42.1. The Labute approximate surface area is 624 Å². The number of phosphoric acid groups is 2. The zero-order valence-corrected chi connectivity index (χ0v) is 65.5. The van der Waals surface area contributed by atoms with E-state index in [2.05, 4.69) is 203 Å². The summed E-state index contributed by atoms with van der Waals surface area (Å²) < 4.78 is 61.1. The van der Waals surface area contributed by atoms with Crippen LogP contribution in [-0.4, -0.2) is 95.9 Å². The van der Waals surface area contributed by atoms with Crippen LogP contribution in [0.4, 0.5) is 0 Å². The number of unbranched alkanes of at least 4 members (excludes halogenated alkanes) is 19. The molecule has 0 spiro atoms. The summed E-state index contributed by atoms with van der Waals surface area (Å²) in [5.74, 6) is -1.66. The zero-order chi connectivity index (χ0) is 75.2. The van der Waals surface area contributed by atoms with Gasteiger partial charge in [0.1, 0.15) is 25.4 Å². The Hall–Kier alpha value is -5.35. The highest BCUT2D eigenvalue weighted by Gasteiger charge is 2.29. The van der Waals surface area contributed by atoms with Crippen LogP contribution in [0.2, 0.25) is 0 Å². The highest BCUT2D eigenvalue weighted by atomic mass is 31.2. The zero-order valence-electron chi connectivity index (χ0n) is 63.7. The molecule has 0 rings (SSSR count). The number of aliphatic hydroxyl groups is 2. The molecule has 0 aliphatic carbocycles. The Morgan fingerprint density at radius 1 is 0.282 bits per heavy atom. The number of carbonyl (C=O) groups excluding carboxylic acids is 3. The maximum absolute atomic E-state index is 13.0. The molecule has 0 amide bonds. The quantitative estimate of drug-likeness (QED) is 0.0146. The lowest BCUT2D eigenvalue weighted by atomic mass is 10.1. The van der Waals surface area contributed by atoms with Crippen LogP contribution in [0.1, 0.15) is 278 Å². The van der Waals surface area contributed by atoms with E-state index in [-0.39, 0.29) is 19.3 Å². The Kier molecular flexibility index (Phi) is 72.3. The van der Waals surface area contributed by atoms with Gasteiger partial charge >= 0.3 is 33.6 Å². The van der Waals surface area contributed by atoms with Gasteiger partial charge in [0.25, 0.3) is 0 Å². The van der Waals surface area contributed by atoms with Gasteiger partial charge in [-0.1, -0.05) is 280 Å². The normalized spacial score (nSPS) is 15.0. The standard InChI is InChI=1S/C85H138O16P2/c1-4-7-10-13-16-19-22-25-28-31-34-37-38-39-40-43-45-47-50-53-56-59-62-65-68-71-83(88)95-74-80(86)75-97-102(91,92)98-76-81(87)77-99-103(93,94)100-79-82(101-85(90)73-70-67-64-61-58-55-52-49-46-42-36-33-30-27-24-21-18-15-12-9-6-3)78-96-84(89)72-69-66-63-60-57-54-51-48-44-41-35-32-29-26-23-20-17-14-11-8-5-2/h7-8,10-11,16-21,25-30,34-37,39-42,48-49,51-52,57,60,80-82,86-87H,4-6,9,12-15,22-24,31-33,38,43-47,50,53-56,58-59,61-79H2,1-3H3,(H,91,92)(H,93,94)/b10-7-,11-8-,19-16-,20-17-,21-18-,28-25-,29-26-,30-27-,37-34-,40-39-,41-35-,42-36-,51-48-,52-49-,60-57-. The molecular weight excluding hydrogens is 1340 g/mol. The Morgan fingerprint density at radius 2 is 0.515 bits per heavy atom. The Morgan fingerprint density at radius 3 is 0.835 bits per heavy atom. The van der Waals surface area contributed by atoms with Crippen molar-refractivity contribution in [1.82, 2.24) is 0 Å². The van der Waals surface area contributed by atoms with Gasteiger partial charge in [0.2, 0.25) is 0 Å². The van der Waals surface area contributed by atoms with Crippen molar-refractivity contribution in [3.8, 4) is 0 Å². The smallest absolute Gasteiger partial charge is 0.463 e. The number of carbonyl (C=O) groups is 3. The van der Waals surface area contributed by atoms with Crippen molar-refractivity contribution in [2.24, 2.45) is 0 Å². The number of hydrogen-bond acceptors (Lipinski definition) is 14. The van der Waals surface area contributed by atoms with Crippen molar-refractivity contribution in [3.63, 3.8) is 0 Å². The molecule has 0 aliphatic rings. The second kappa shape index (κ2) is 76.3. The van der Waals surface area contributed by atoms with Gasteiger partial charge in [-0.2, -0.15) is 0 Å². The van der Waals surface area contributed by atoms with Crippen LogP contribution in [-0.2, 0) is 55.8 Å². The fourth-order valence-electron chi connectivity index (χ4n) is 9.70. The molecule has 0 heterocycles. The third-order valence-electron chi connectivity index (χ3n) is 15.6. The molecule has 0 saturated heterocycles. The molecule has 0 aliphatic heterocycles. The van der Waals surface area contributed by atoms with E-state index in [0.29, 0.717) is 19.3 Å². The third-order valence-corrected chi connectivity index (χ3v) is 17.5. The summed E-state index contributed by atoms with van der Waals surface area (Å²) in [6.07, 6.45) is 97.8. The fourth-order valence-corrected chi connectivity index (χ4v) is 11.3. The van der Waals surface area contributed by atoms with E-state index in [1.54, 1.807) is 0 Å². The average molecular weight is 1480 g/mol. The minimum Gasteiger partial charge on any atom is -0.463 e. The van der Waals surface area contributed by atoms with E-state index >= 15 is 0 Å². The minimum atomic E-state index is -4.96. The number of allylic oxidation sites excluding steroid dienone is 30. The molecule has 18 heteroatoms. The second-order valence-corrected chi connectivity index (χ2v) is 28.3. The lowest BCUT2D eigenvalue weighted by Crippen LogP contribution is -2.30. The summed E-state index contributed by atoms with van der Waals surface area (Å²) >= 11 is 0. The number of aliphatic hydroxyl groups excluding tert-OH is 2. The highest BCUT2D eigenvalue weighted by molar-refractivity contribution is 7.47. The number of hydrogen-bond donors (Lipinski definition) is 4. The molecule has 0 saturated carbocycles. The van der Waals surface area contributed by atoms with Crippen molar-refractivity contribution in [2.45, 2.75) is 296 Å². The summed E-state index contributed by atoms with van der Waals surface area (Å²) in [6, 6.07) is 0. The van der Waals surface area contributed by atoms with Gasteiger partial charge in [-0.3, -0.25) is 32.5 Å². The first-order chi connectivity index (χ1) is 50.2. The summed E-state index contributed by atoms with van der Waals surface area (Å²) in [6.45, 7) is 2.32. The molecule has 584 valence electrons. The third kappa shape index (κ3) is 77.6. The van der Waals surface area contributed by atoms with Crippen LogP contribution < -0.4 is 0 Å². The van der Waals surface area contributed by atoms with Crippen LogP contribution >= 0.6 is 15.6 Å². The highest BCUT2D eigenvalue weighted by Crippen LogP contribution is 2.45. The maximum atomic E-state index is 13.0. The van der Waals surface area contributed by atoms with Crippen LogP contribution in [0.3, 0.4) is 0 Å². The van der Waals surface area contributed by atoms with Gasteiger partial charge in [0, 0.05) is 19.3 Å². The van der Waals surface area contributed by atoms with E-state index in [9.17, 15) is 43.5 Å². The molecule has 0 aromatic carbocycles. The fraction of sp³-hybridized carbons (Fsp3) is 0.612. The van der Waals surface area contributed by atoms with Crippen LogP contribution in [0.15, 0.2) is 182 Å². The maximum Gasteiger partial charge on any atom is 0.472 e. The predicted octanol–water partition coefficient (Wildman–Crippen LogP) is 23.0. The largest absolute Gasteiger partial charge is 0.472 e. The number of phosphoric ester groups is 2. The van der Waals surface area contributed by atoms with Crippen molar-refractivity contribution in [2.75, 3.05) is 39.6 Å². The summed E-state index contributed by atoms with van der Waals surface area (Å²) in [5, 5.41) is 20.6. The molecule has 5 unspecified atom stereocenters.